The van der Waals surface area contributed by atoms with E-state index in [0.717, 1.165) is 22.8 Å². The highest BCUT2D eigenvalue weighted by Crippen LogP contribution is 2.33. The molecule has 5 rings (SSSR count). The summed E-state index contributed by atoms with van der Waals surface area (Å²) in [6, 6.07) is 7.60. The summed E-state index contributed by atoms with van der Waals surface area (Å²) in [7, 11) is 0. The Labute approximate surface area is 203 Å². The summed E-state index contributed by atoms with van der Waals surface area (Å²) in [4.78, 5) is 36.0. The average molecular weight is 500 g/mol. The molecular weight excluding hydrogens is 474 g/mol. The van der Waals surface area contributed by atoms with E-state index in [2.05, 4.69) is 22.0 Å². The summed E-state index contributed by atoms with van der Waals surface area (Å²) in [6.45, 7) is 6.06. The van der Waals surface area contributed by atoms with Gasteiger partial charge in [0.1, 0.15) is 6.04 Å². The molecule has 0 N–H and O–H groups in total. The minimum Gasteiger partial charge on any atom is -0.463 e. The van der Waals surface area contributed by atoms with Gasteiger partial charge in [0.25, 0.3) is 5.56 Å². The van der Waals surface area contributed by atoms with Crippen LogP contribution in [0.25, 0.3) is 6.08 Å². The molecule has 2 aliphatic rings. The summed E-state index contributed by atoms with van der Waals surface area (Å²) < 4.78 is 7.60. The predicted octanol–water partition coefficient (Wildman–Crippen LogP) is 3.91. The molecule has 33 heavy (non-hydrogen) atoms. The van der Waals surface area contributed by atoms with Crippen LogP contribution in [0.1, 0.15) is 48.9 Å². The van der Waals surface area contributed by atoms with Gasteiger partial charge in [-0.15, -0.1) is 22.7 Å². The standard InChI is InChI=1S/C24H25N3O3S3/c1-3-30-23(29)20-15(2)25-24-27(21(20)17-8-7-13-31-17)22(28)18(33-24)14-16-9-10-19(32-16)26-11-5-4-6-12-26/h7-10,13-14,21H,3-6,11-12H2,1-2H3. The normalized spacial score (nSPS) is 18.9. The number of hydrogen-bond acceptors (Lipinski definition) is 8. The Balaban J connectivity index is 1.58. The molecule has 2 aliphatic heterocycles. The molecule has 0 bridgehead atoms. The van der Waals surface area contributed by atoms with Crippen molar-refractivity contribution in [3.63, 3.8) is 0 Å². The van der Waals surface area contributed by atoms with Gasteiger partial charge >= 0.3 is 5.97 Å². The zero-order valence-corrected chi connectivity index (χ0v) is 21.0. The van der Waals surface area contributed by atoms with Gasteiger partial charge < -0.3 is 9.64 Å². The number of nitrogens with zero attached hydrogens (tertiary/aromatic N) is 3. The fourth-order valence-corrected chi connectivity index (χ4v) is 7.28. The summed E-state index contributed by atoms with van der Waals surface area (Å²) >= 11 is 4.61. The molecule has 1 unspecified atom stereocenters. The second kappa shape index (κ2) is 9.40. The molecule has 0 radical (unpaired) electrons. The number of piperidine rings is 1. The third-order valence-corrected chi connectivity index (χ3v) is 8.88. The quantitative estimate of drug-likeness (QED) is 0.500. The first-order valence-electron chi connectivity index (χ1n) is 11.1. The summed E-state index contributed by atoms with van der Waals surface area (Å²) in [5, 5.41) is 3.21. The fourth-order valence-electron chi connectivity index (χ4n) is 4.34. The minimum atomic E-state index is -0.519. The van der Waals surface area contributed by atoms with Crippen LogP contribution in [0, 0.1) is 0 Å². The third-order valence-electron chi connectivity index (χ3n) is 5.88. The van der Waals surface area contributed by atoms with Gasteiger partial charge in [0, 0.05) is 22.8 Å². The lowest BCUT2D eigenvalue weighted by atomic mass is 10.0. The summed E-state index contributed by atoms with van der Waals surface area (Å²) in [5.41, 5.74) is 0.907. The Morgan fingerprint density at radius 2 is 2.03 bits per heavy atom. The Bertz CT molecular complexity index is 1370. The van der Waals surface area contributed by atoms with Crippen LogP contribution in [0.5, 0.6) is 0 Å². The zero-order valence-electron chi connectivity index (χ0n) is 18.6. The van der Waals surface area contributed by atoms with E-state index in [-0.39, 0.29) is 12.2 Å². The van der Waals surface area contributed by atoms with E-state index < -0.39 is 12.0 Å². The topological polar surface area (TPSA) is 63.9 Å². The molecular formula is C24H25N3O3S3. The van der Waals surface area contributed by atoms with E-state index in [9.17, 15) is 9.59 Å². The number of esters is 1. The molecule has 0 aromatic carbocycles. The Hall–Kier alpha value is -2.49. The monoisotopic (exact) mass is 499 g/mol. The van der Waals surface area contributed by atoms with Crippen molar-refractivity contribution in [3.8, 4) is 0 Å². The molecule has 9 heteroatoms. The van der Waals surface area contributed by atoms with E-state index in [1.54, 1.807) is 22.8 Å². The second-order valence-corrected chi connectivity index (χ2v) is 11.1. The lowest BCUT2D eigenvalue weighted by Crippen LogP contribution is -2.39. The minimum absolute atomic E-state index is 0.126. The molecule has 6 nitrogen and oxygen atoms in total. The van der Waals surface area contributed by atoms with Crippen LogP contribution >= 0.6 is 34.0 Å². The number of ether oxygens (including phenoxy) is 1. The van der Waals surface area contributed by atoms with Crippen LogP contribution in [0.4, 0.5) is 5.00 Å². The number of fused-ring (bicyclic) bond motifs is 1. The number of thiophene rings is 2. The highest BCUT2D eigenvalue weighted by Gasteiger charge is 2.33. The SMILES string of the molecule is CCOC(=O)C1=C(C)N=c2sc(=Cc3ccc(N4CCCCC4)s3)c(=O)n2C1c1cccs1. The molecule has 0 amide bonds. The van der Waals surface area contributed by atoms with Crippen molar-refractivity contribution in [2.24, 2.45) is 4.99 Å². The number of anilines is 1. The Morgan fingerprint density at radius 1 is 1.21 bits per heavy atom. The van der Waals surface area contributed by atoms with Crippen molar-refractivity contribution in [1.29, 1.82) is 0 Å². The van der Waals surface area contributed by atoms with Crippen molar-refractivity contribution < 1.29 is 9.53 Å². The van der Waals surface area contributed by atoms with E-state index in [1.165, 1.54) is 46.9 Å². The lowest BCUT2D eigenvalue weighted by molar-refractivity contribution is -0.139. The molecule has 0 spiro atoms. The number of aromatic nitrogens is 1. The van der Waals surface area contributed by atoms with Crippen molar-refractivity contribution in [3.05, 3.63) is 70.4 Å². The maximum absolute atomic E-state index is 13.6. The number of carbonyl (C=O) groups excluding carboxylic acids is 1. The third kappa shape index (κ3) is 4.25. The first-order chi connectivity index (χ1) is 16.1. The van der Waals surface area contributed by atoms with Crippen molar-refractivity contribution in [2.75, 3.05) is 24.6 Å². The highest BCUT2D eigenvalue weighted by atomic mass is 32.1. The van der Waals surface area contributed by atoms with E-state index in [4.69, 9.17) is 4.74 Å². The van der Waals surface area contributed by atoms with Gasteiger partial charge in [0.2, 0.25) is 0 Å². The van der Waals surface area contributed by atoms with Crippen LogP contribution in [0.15, 0.2) is 50.7 Å². The number of rotatable bonds is 5. The second-order valence-electron chi connectivity index (χ2n) is 8.04. The van der Waals surface area contributed by atoms with Crippen LogP contribution in [-0.4, -0.2) is 30.2 Å². The smallest absolute Gasteiger partial charge is 0.338 e. The maximum Gasteiger partial charge on any atom is 0.338 e. The summed E-state index contributed by atoms with van der Waals surface area (Å²) in [5.74, 6) is -0.421. The molecule has 1 saturated heterocycles. The summed E-state index contributed by atoms with van der Waals surface area (Å²) in [6.07, 6.45) is 5.72. The molecule has 0 aliphatic carbocycles. The molecule has 3 aromatic heterocycles. The van der Waals surface area contributed by atoms with Gasteiger partial charge in [0.15, 0.2) is 4.80 Å². The Kier molecular flexibility index (Phi) is 6.36. The van der Waals surface area contributed by atoms with Gasteiger partial charge in [-0.3, -0.25) is 9.36 Å². The molecule has 5 heterocycles. The van der Waals surface area contributed by atoms with Crippen molar-refractivity contribution >= 4 is 51.1 Å². The van der Waals surface area contributed by atoms with Gasteiger partial charge in [-0.25, -0.2) is 9.79 Å². The van der Waals surface area contributed by atoms with Crippen molar-refractivity contribution in [2.45, 2.75) is 39.2 Å². The highest BCUT2D eigenvalue weighted by molar-refractivity contribution is 7.17. The molecule has 0 saturated carbocycles. The van der Waals surface area contributed by atoms with E-state index >= 15 is 0 Å². The first-order valence-corrected chi connectivity index (χ1v) is 13.7. The number of hydrogen-bond donors (Lipinski definition) is 0. The van der Waals surface area contributed by atoms with E-state index in [0.29, 0.717) is 20.6 Å². The van der Waals surface area contributed by atoms with Crippen LogP contribution in [-0.2, 0) is 9.53 Å². The fraction of sp³-hybridized carbons (Fsp3) is 0.375. The number of thiazole rings is 1. The van der Waals surface area contributed by atoms with Crippen LogP contribution < -0.4 is 19.8 Å². The Morgan fingerprint density at radius 3 is 2.76 bits per heavy atom. The molecule has 1 atom stereocenters. The predicted molar refractivity (Wildman–Crippen MR) is 135 cm³/mol. The van der Waals surface area contributed by atoms with Gasteiger partial charge in [-0.2, -0.15) is 0 Å². The molecule has 3 aromatic rings. The largest absolute Gasteiger partial charge is 0.463 e. The molecule has 1 fully saturated rings. The van der Waals surface area contributed by atoms with E-state index in [1.807, 2.05) is 30.5 Å². The average Bonchev–Trinajstić information content (AvgIpc) is 3.56. The van der Waals surface area contributed by atoms with Crippen molar-refractivity contribution in [1.82, 2.24) is 4.57 Å². The van der Waals surface area contributed by atoms with Gasteiger partial charge in [-0.1, -0.05) is 17.4 Å². The van der Waals surface area contributed by atoms with Gasteiger partial charge in [-0.05, 0) is 62.8 Å². The number of allylic oxidation sites excluding steroid dienone is 1. The van der Waals surface area contributed by atoms with Gasteiger partial charge in [0.05, 0.1) is 27.4 Å². The zero-order chi connectivity index (χ0) is 22.9. The maximum atomic E-state index is 13.6. The lowest BCUT2D eigenvalue weighted by Gasteiger charge is -2.27. The van der Waals surface area contributed by atoms with Crippen LogP contribution in [0.2, 0.25) is 0 Å². The van der Waals surface area contributed by atoms with Crippen LogP contribution in [0.3, 0.4) is 0 Å². The number of carbonyl (C=O) groups is 1. The molecule has 172 valence electrons. The first kappa shape index (κ1) is 22.3.